The molecule has 5 nitrogen and oxygen atoms in total. The molecule has 3 rings (SSSR count). The summed E-state index contributed by atoms with van der Waals surface area (Å²) in [6, 6.07) is 12.7. The highest BCUT2D eigenvalue weighted by Crippen LogP contribution is 2.22. The Bertz CT molecular complexity index is 821. The predicted molar refractivity (Wildman–Crippen MR) is 97.2 cm³/mol. The van der Waals surface area contributed by atoms with Crippen molar-refractivity contribution in [3.8, 4) is 0 Å². The van der Waals surface area contributed by atoms with Gasteiger partial charge in [0.2, 0.25) is 5.91 Å². The molecule has 1 heterocycles. The number of benzene rings is 2. The number of aliphatic hydroxyl groups excluding tert-OH is 1. The van der Waals surface area contributed by atoms with Gasteiger partial charge in [0.25, 0.3) is 0 Å². The fourth-order valence-corrected chi connectivity index (χ4v) is 3.15. The summed E-state index contributed by atoms with van der Waals surface area (Å²) in [5.41, 5.74) is 2.21. The van der Waals surface area contributed by atoms with E-state index in [1.165, 1.54) is 17.0 Å². The molecule has 2 unspecified atom stereocenters. The fourth-order valence-electron chi connectivity index (χ4n) is 3.15. The summed E-state index contributed by atoms with van der Waals surface area (Å²) in [5.74, 6) is -1.44. The van der Waals surface area contributed by atoms with E-state index in [1.807, 2.05) is 31.2 Å². The van der Waals surface area contributed by atoms with Crippen LogP contribution < -0.4 is 0 Å². The zero-order valence-electron chi connectivity index (χ0n) is 15.1. The largest absolute Gasteiger partial charge is 0.459 e. The van der Waals surface area contributed by atoms with Crippen LogP contribution >= 0.6 is 0 Å². The van der Waals surface area contributed by atoms with Crippen LogP contribution in [-0.4, -0.2) is 40.6 Å². The van der Waals surface area contributed by atoms with Crippen LogP contribution in [0.4, 0.5) is 4.39 Å². The molecule has 1 aliphatic heterocycles. The first-order chi connectivity index (χ1) is 12.9. The number of halogens is 1. The summed E-state index contributed by atoms with van der Waals surface area (Å²) >= 11 is 0. The number of hydrogen-bond acceptors (Lipinski definition) is 4. The average molecular weight is 371 g/mol. The molecule has 6 heteroatoms. The van der Waals surface area contributed by atoms with Crippen molar-refractivity contribution in [1.82, 2.24) is 4.90 Å². The highest BCUT2D eigenvalue weighted by molar-refractivity contribution is 5.86. The minimum absolute atomic E-state index is 0.0393. The minimum atomic E-state index is -0.857. The number of aryl methyl sites for hydroxylation is 1. The van der Waals surface area contributed by atoms with Crippen LogP contribution in [0, 0.1) is 12.7 Å². The van der Waals surface area contributed by atoms with Crippen molar-refractivity contribution < 1.29 is 23.8 Å². The molecule has 2 aromatic rings. The maximum atomic E-state index is 13.8. The third kappa shape index (κ3) is 4.71. The van der Waals surface area contributed by atoms with Gasteiger partial charge < -0.3 is 14.7 Å². The monoisotopic (exact) mass is 371 g/mol. The first-order valence-electron chi connectivity index (χ1n) is 8.87. The molecule has 2 atom stereocenters. The quantitative estimate of drug-likeness (QED) is 0.820. The first-order valence-corrected chi connectivity index (χ1v) is 8.87. The number of amides is 1. The molecule has 0 aromatic heterocycles. The summed E-state index contributed by atoms with van der Waals surface area (Å²) in [6.45, 7) is 2.10. The number of esters is 1. The molecular weight excluding hydrogens is 349 g/mol. The summed E-state index contributed by atoms with van der Waals surface area (Å²) < 4.78 is 19.1. The smallest absolute Gasteiger partial charge is 0.329 e. The number of aliphatic hydroxyl groups is 1. The van der Waals surface area contributed by atoms with E-state index in [0.29, 0.717) is 0 Å². The van der Waals surface area contributed by atoms with Gasteiger partial charge in [-0.25, -0.2) is 9.18 Å². The molecular formula is C21H22FNO4. The van der Waals surface area contributed by atoms with Gasteiger partial charge in [-0.15, -0.1) is 0 Å². The Hall–Kier alpha value is -2.73. The molecule has 0 aliphatic carbocycles. The fraction of sp³-hybridized carbons (Fsp3) is 0.333. The van der Waals surface area contributed by atoms with E-state index < -0.39 is 29.8 Å². The number of hydrogen-bond donors (Lipinski definition) is 1. The topological polar surface area (TPSA) is 66.8 Å². The Kier molecular flexibility index (Phi) is 5.86. The van der Waals surface area contributed by atoms with Crippen LogP contribution in [0.5, 0.6) is 0 Å². The van der Waals surface area contributed by atoms with Crippen LogP contribution in [0.2, 0.25) is 0 Å². The lowest BCUT2D eigenvalue weighted by Crippen LogP contribution is -2.42. The lowest BCUT2D eigenvalue weighted by atomic mass is 10.1. The van der Waals surface area contributed by atoms with Crippen molar-refractivity contribution in [2.24, 2.45) is 0 Å². The van der Waals surface area contributed by atoms with Crippen molar-refractivity contribution in [3.63, 3.8) is 0 Å². The van der Waals surface area contributed by atoms with Crippen molar-refractivity contribution in [1.29, 1.82) is 0 Å². The lowest BCUT2D eigenvalue weighted by molar-refractivity contribution is -0.154. The average Bonchev–Trinajstić information content (AvgIpc) is 3.05. The third-order valence-electron chi connectivity index (χ3n) is 4.67. The van der Waals surface area contributed by atoms with E-state index in [-0.39, 0.29) is 31.6 Å². The van der Waals surface area contributed by atoms with Gasteiger partial charge in [0.15, 0.2) is 0 Å². The van der Waals surface area contributed by atoms with Gasteiger partial charge in [-0.05, 0) is 24.1 Å². The second kappa shape index (κ2) is 8.31. The van der Waals surface area contributed by atoms with Crippen LogP contribution in [0.25, 0.3) is 0 Å². The normalized spacial score (nSPS) is 19.1. The number of carbonyl (C=O) groups is 2. The molecule has 27 heavy (non-hydrogen) atoms. The van der Waals surface area contributed by atoms with Gasteiger partial charge in [-0.1, -0.05) is 48.0 Å². The van der Waals surface area contributed by atoms with Gasteiger partial charge in [0.05, 0.1) is 12.5 Å². The Morgan fingerprint density at radius 3 is 2.59 bits per heavy atom. The summed E-state index contributed by atoms with van der Waals surface area (Å²) in [7, 11) is 0. The zero-order chi connectivity index (χ0) is 19.4. The van der Waals surface area contributed by atoms with Gasteiger partial charge in [0, 0.05) is 13.0 Å². The molecule has 1 N–H and O–H groups in total. The second-order valence-electron chi connectivity index (χ2n) is 6.81. The van der Waals surface area contributed by atoms with Crippen LogP contribution in [0.1, 0.15) is 23.1 Å². The maximum Gasteiger partial charge on any atom is 0.329 e. The van der Waals surface area contributed by atoms with Crippen LogP contribution in [-0.2, 0) is 27.4 Å². The Morgan fingerprint density at radius 2 is 1.89 bits per heavy atom. The van der Waals surface area contributed by atoms with Gasteiger partial charge in [0.1, 0.15) is 18.5 Å². The Balaban J connectivity index is 1.64. The van der Waals surface area contributed by atoms with Gasteiger partial charge in [-0.3, -0.25) is 4.79 Å². The zero-order valence-corrected chi connectivity index (χ0v) is 15.1. The third-order valence-corrected chi connectivity index (χ3v) is 4.67. The van der Waals surface area contributed by atoms with E-state index in [4.69, 9.17) is 4.74 Å². The van der Waals surface area contributed by atoms with Crippen molar-refractivity contribution in [2.45, 2.75) is 38.5 Å². The molecule has 1 fully saturated rings. The summed E-state index contributed by atoms with van der Waals surface area (Å²) in [6.07, 6.45) is -0.844. The molecule has 1 amide bonds. The van der Waals surface area contributed by atoms with Gasteiger partial charge >= 0.3 is 5.97 Å². The number of likely N-dealkylation sites (tertiary alicyclic amines) is 1. The van der Waals surface area contributed by atoms with Crippen molar-refractivity contribution >= 4 is 11.9 Å². The summed E-state index contributed by atoms with van der Waals surface area (Å²) in [4.78, 5) is 26.3. The highest BCUT2D eigenvalue weighted by atomic mass is 19.1. The predicted octanol–water partition coefficient (Wildman–Crippen LogP) is 2.38. The summed E-state index contributed by atoms with van der Waals surface area (Å²) in [5, 5.41) is 9.93. The lowest BCUT2D eigenvalue weighted by Gasteiger charge is -2.23. The molecule has 0 spiro atoms. The number of nitrogens with zero attached hydrogens (tertiary/aromatic N) is 1. The van der Waals surface area contributed by atoms with Crippen molar-refractivity contribution in [2.75, 3.05) is 6.54 Å². The van der Waals surface area contributed by atoms with Crippen LogP contribution in [0.3, 0.4) is 0 Å². The number of ether oxygens (including phenoxy) is 1. The highest BCUT2D eigenvalue weighted by Gasteiger charge is 2.39. The standard InChI is InChI=1S/C21H22FNO4/c1-14-6-8-15(9-7-14)13-27-21(26)19-11-17(24)12-23(19)20(25)10-16-4-2-3-5-18(16)22/h2-9,17,19,24H,10-13H2,1H3. The molecule has 2 aromatic carbocycles. The Labute approximate surface area is 157 Å². The second-order valence-corrected chi connectivity index (χ2v) is 6.81. The van der Waals surface area contributed by atoms with E-state index in [9.17, 15) is 19.1 Å². The van der Waals surface area contributed by atoms with E-state index in [2.05, 4.69) is 0 Å². The molecule has 0 radical (unpaired) electrons. The minimum Gasteiger partial charge on any atom is -0.459 e. The molecule has 1 saturated heterocycles. The number of rotatable bonds is 5. The SMILES string of the molecule is Cc1ccc(COC(=O)C2CC(O)CN2C(=O)Cc2ccccc2F)cc1. The van der Waals surface area contributed by atoms with Crippen LogP contribution in [0.15, 0.2) is 48.5 Å². The molecule has 142 valence electrons. The number of β-amino-alcohol motifs (C(OH)–C–C–N with tert-alkyl or cyclic N) is 1. The molecule has 0 saturated carbocycles. The molecule has 1 aliphatic rings. The van der Waals surface area contributed by atoms with Crippen molar-refractivity contribution in [3.05, 3.63) is 71.0 Å². The van der Waals surface area contributed by atoms with E-state index in [1.54, 1.807) is 12.1 Å². The van der Waals surface area contributed by atoms with E-state index in [0.717, 1.165) is 11.1 Å². The first kappa shape index (κ1) is 19.0. The molecule has 0 bridgehead atoms. The van der Waals surface area contributed by atoms with E-state index >= 15 is 0 Å². The van der Waals surface area contributed by atoms with Gasteiger partial charge in [-0.2, -0.15) is 0 Å². The number of carbonyl (C=O) groups excluding carboxylic acids is 2. The Morgan fingerprint density at radius 1 is 1.19 bits per heavy atom. The maximum absolute atomic E-state index is 13.8.